The Kier molecular flexibility index (Phi) is 5.41. The number of nitrogens with zero attached hydrogens (tertiary/aromatic N) is 3. The normalized spacial score (nSPS) is 20.2. The molecule has 5 nitrogen and oxygen atoms in total. The van der Waals surface area contributed by atoms with Crippen molar-refractivity contribution in [2.45, 2.75) is 37.6 Å². The highest BCUT2D eigenvalue weighted by Crippen LogP contribution is 2.34. The lowest BCUT2D eigenvalue weighted by Gasteiger charge is -2.39. The van der Waals surface area contributed by atoms with E-state index in [0.29, 0.717) is 23.6 Å². The van der Waals surface area contributed by atoms with Crippen LogP contribution in [-0.4, -0.2) is 47.2 Å². The Morgan fingerprint density at radius 1 is 1.04 bits per heavy atom. The molecule has 0 bridgehead atoms. The van der Waals surface area contributed by atoms with E-state index in [1.807, 2.05) is 0 Å². The average Bonchev–Trinajstić information content (AvgIpc) is 2.69. The van der Waals surface area contributed by atoms with E-state index in [-0.39, 0.29) is 5.82 Å². The molecule has 3 heterocycles. The van der Waals surface area contributed by atoms with Crippen molar-refractivity contribution in [3.63, 3.8) is 0 Å². The molecule has 2 aromatic rings. The standard InChI is InChI=1S/C20H24FN3O2/c21-16-2-1-3-18(14-16)26-20-19(22-8-9-23-20)15-4-10-24(11-5-15)17-6-12-25-13-7-17/h1-3,8-9,14-15,17H,4-7,10-13H2. The summed E-state index contributed by atoms with van der Waals surface area (Å²) in [7, 11) is 0. The minimum absolute atomic E-state index is 0.322. The second-order valence-electron chi connectivity index (χ2n) is 6.96. The van der Waals surface area contributed by atoms with E-state index in [9.17, 15) is 4.39 Å². The van der Waals surface area contributed by atoms with E-state index >= 15 is 0 Å². The minimum Gasteiger partial charge on any atom is -0.437 e. The van der Waals surface area contributed by atoms with Crippen LogP contribution in [0.3, 0.4) is 0 Å². The first-order chi connectivity index (χ1) is 12.8. The van der Waals surface area contributed by atoms with Crippen molar-refractivity contribution >= 4 is 0 Å². The van der Waals surface area contributed by atoms with Gasteiger partial charge in [-0.05, 0) is 50.9 Å². The maximum absolute atomic E-state index is 13.4. The van der Waals surface area contributed by atoms with Crippen molar-refractivity contribution < 1.29 is 13.9 Å². The SMILES string of the molecule is Fc1cccc(Oc2nccnc2C2CCN(C3CCOCC3)CC2)c1. The van der Waals surface area contributed by atoms with Gasteiger partial charge in [-0.15, -0.1) is 0 Å². The number of hydrogen-bond donors (Lipinski definition) is 0. The number of benzene rings is 1. The molecule has 0 spiro atoms. The molecule has 2 aliphatic rings. The van der Waals surface area contributed by atoms with Crippen molar-refractivity contribution in [3.05, 3.63) is 48.2 Å². The van der Waals surface area contributed by atoms with Gasteiger partial charge in [0, 0.05) is 43.6 Å². The van der Waals surface area contributed by atoms with Gasteiger partial charge in [-0.3, -0.25) is 4.98 Å². The zero-order chi connectivity index (χ0) is 17.8. The largest absolute Gasteiger partial charge is 0.437 e. The van der Waals surface area contributed by atoms with Crippen LogP contribution in [-0.2, 0) is 4.74 Å². The van der Waals surface area contributed by atoms with Crippen LogP contribution in [0.1, 0.15) is 37.3 Å². The van der Waals surface area contributed by atoms with Crippen LogP contribution in [0.2, 0.25) is 0 Å². The Morgan fingerprint density at radius 3 is 2.58 bits per heavy atom. The Labute approximate surface area is 153 Å². The lowest BCUT2D eigenvalue weighted by atomic mass is 9.91. The van der Waals surface area contributed by atoms with Gasteiger partial charge in [0.05, 0.1) is 0 Å². The number of aromatic nitrogens is 2. The van der Waals surface area contributed by atoms with Crippen molar-refractivity contribution in [3.8, 4) is 11.6 Å². The van der Waals surface area contributed by atoms with Gasteiger partial charge in [0.15, 0.2) is 0 Å². The second kappa shape index (κ2) is 8.10. The third kappa shape index (κ3) is 4.02. The van der Waals surface area contributed by atoms with Gasteiger partial charge in [0.2, 0.25) is 5.88 Å². The zero-order valence-electron chi connectivity index (χ0n) is 14.8. The van der Waals surface area contributed by atoms with Crippen molar-refractivity contribution in [2.24, 2.45) is 0 Å². The van der Waals surface area contributed by atoms with Crippen LogP contribution >= 0.6 is 0 Å². The molecule has 0 radical (unpaired) electrons. The first-order valence-corrected chi connectivity index (χ1v) is 9.36. The molecule has 0 aliphatic carbocycles. The van der Waals surface area contributed by atoms with Crippen LogP contribution in [0, 0.1) is 5.82 Å². The summed E-state index contributed by atoms with van der Waals surface area (Å²) in [5, 5.41) is 0. The van der Waals surface area contributed by atoms with Gasteiger partial charge < -0.3 is 14.4 Å². The number of hydrogen-bond acceptors (Lipinski definition) is 5. The maximum Gasteiger partial charge on any atom is 0.241 e. The summed E-state index contributed by atoms with van der Waals surface area (Å²) in [5.74, 6) is 0.940. The number of likely N-dealkylation sites (tertiary alicyclic amines) is 1. The molecular formula is C20H24FN3O2. The fourth-order valence-electron chi connectivity index (χ4n) is 3.93. The number of rotatable bonds is 4. The highest BCUT2D eigenvalue weighted by atomic mass is 19.1. The molecule has 4 rings (SSSR count). The van der Waals surface area contributed by atoms with Crippen LogP contribution < -0.4 is 4.74 Å². The summed E-state index contributed by atoms with van der Waals surface area (Å²) in [6.45, 7) is 3.87. The molecule has 0 N–H and O–H groups in total. The number of halogens is 1. The first-order valence-electron chi connectivity index (χ1n) is 9.36. The van der Waals surface area contributed by atoms with E-state index in [2.05, 4.69) is 14.9 Å². The van der Waals surface area contributed by atoms with Gasteiger partial charge in [-0.1, -0.05) is 6.07 Å². The Morgan fingerprint density at radius 2 is 1.81 bits per heavy atom. The fraction of sp³-hybridized carbons (Fsp3) is 0.500. The van der Waals surface area contributed by atoms with Crippen LogP contribution in [0.15, 0.2) is 36.7 Å². The Balaban J connectivity index is 1.43. The van der Waals surface area contributed by atoms with E-state index < -0.39 is 0 Å². The van der Waals surface area contributed by atoms with Crippen LogP contribution in [0.25, 0.3) is 0 Å². The van der Waals surface area contributed by atoms with Crippen molar-refractivity contribution in [1.82, 2.24) is 14.9 Å². The predicted octanol–water partition coefficient (Wildman–Crippen LogP) is 3.77. The van der Waals surface area contributed by atoms with E-state index in [0.717, 1.165) is 57.7 Å². The summed E-state index contributed by atoms with van der Waals surface area (Å²) >= 11 is 0. The van der Waals surface area contributed by atoms with Gasteiger partial charge >= 0.3 is 0 Å². The van der Waals surface area contributed by atoms with Gasteiger partial charge in [-0.25, -0.2) is 9.37 Å². The molecule has 138 valence electrons. The highest BCUT2D eigenvalue weighted by molar-refractivity contribution is 5.31. The van der Waals surface area contributed by atoms with E-state index in [1.165, 1.54) is 12.1 Å². The lowest BCUT2D eigenvalue weighted by Crippen LogP contribution is -2.43. The monoisotopic (exact) mass is 357 g/mol. The van der Waals surface area contributed by atoms with Gasteiger partial charge in [0.25, 0.3) is 0 Å². The molecule has 2 saturated heterocycles. The quantitative estimate of drug-likeness (QED) is 0.834. The molecule has 2 fully saturated rings. The number of ether oxygens (including phenoxy) is 2. The zero-order valence-corrected chi connectivity index (χ0v) is 14.8. The molecule has 1 aromatic heterocycles. The third-order valence-corrected chi connectivity index (χ3v) is 5.33. The predicted molar refractivity (Wildman–Crippen MR) is 95.9 cm³/mol. The fourth-order valence-corrected chi connectivity index (χ4v) is 3.93. The van der Waals surface area contributed by atoms with E-state index in [4.69, 9.17) is 9.47 Å². The molecular weight excluding hydrogens is 333 g/mol. The van der Waals surface area contributed by atoms with E-state index in [1.54, 1.807) is 24.5 Å². The topological polar surface area (TPSA) is 47.5 Å². The molecule has 26 heavy (non-hydrogen) atoms. The average molecular weight is 357 g/mol. The van der Waals surface area contributed by atoms with Gasteiger partial charge in [-0.2, -0.15) is 0 Å². The molecule has 0 saturated carbocycles. The lowest BCUT2D eigenvalue weighted by molar-refractivity contribution is 0.0249. The van der Waals surface area contributed by atoms with Crippen LogP contribution in [0.4, 0.5) is 4.39 Å². The Hall–Kier alpha value is -2.05. The first kappa shape index (κ1) is 17.4. The highest BCUT2D eigenvalue weighted by Gasteiger charge is 2.29. The molecule has 0 unspecified atom stereocenters. The summed E-state index contributed by atoms with van der Waals surface area (Å²) in [4.78, 5) is 11.5. The smallest absolute Gasteiger partial charge is 0.241 e. The molecule has 0 atom stereocenters. The minimum atomic E-state index is -0.322. The summed E-state index contributed by atoms with van der Waals surface area (Å²) in [6, 6.07) is 6.78. The molecule has 2 aliphatic heterocycles. The maximum atomic E-state index is 13.4. The van der Waals surface area contributed by atoms with Crippen molar-refractivity contribution in [2.75, 3.05) is 26.3 Å². The molecule has 0 amide bonds. The summed E-state index contributed by atoms with van der Waals surface area (Å²) < 4.78 is 24.7. The van der Waals surface area contributed by atoms with Crippen LogP contribution in [0.5, 0.6) is 11.6 Å². The van der Waals surface area contributed by atoms with Gasteiger partial charge in [0.1, 0.15) is 17.3 Å². The molecule has 6 heteroatoms. The third-order valence-electron chi connectivity index (χ3n) is 5.33. The summed E-state index contributed by atoms with van der Waals surface area (Å²) in [5.41, 5.74) is 0.878. The summed E-state index contributed by atoms with van der Waals surface area (Å²) in [6.07, 6.45) is 7.66. The molecule has 1 aromatic carbocycles. The Bertz CT molecular complexity index is 729. The van der Waals surface area contributed by atoms with Crippen molar-refractivity contribution in [1.29, 1.82) is 0 Å². The number of piperidine rings is 1. The second-order valence-corrected chi connectivity index (χ2v) is 6.96.